The topological polar surface area (TPSA) is 21.3 Å². The van der Waals surface area contributed by atoms with Gasteiger partial charge in [-0.1, -0.05) is 37.3 Å². The van der Waals surface area contributed by atoms with Crippen molar-refractivity contribution in [2.75, 3.05) is 19.9 Å². The third-order valence-corrected chi connectivity index (χ3v) is 4.31. The highest BCUT2D eigenvalue weighted by Gasteiger charge is 2.16. The maximum Gasteiger partial charge on any atom is 0.118 e. The van der Waals surface area contributed by atoms with Crippen LogP contribution in [0.5, 0.6) is 5.75 Å². The molecule has 0 fully saturated rings. The van der Waals surface area contributed by atoms with Crippen LogP contribution in [0.4, 0.5) is 0 Å². The summed E-state index contributed by atoms with van der Waals surface area (Å²) in [6.07, 6.45) is 3.25. The monoisotopic (exact) mass is 301 g/mol. The third-order valence-electron chi connectivity index (χ3n) is 3.50. The van der Waals surface area contributed by atoms with Crippen LogP contribution in [0.3, 0.4) is 0 Å². The van der Waals surface area contributed by atoms with Crippen molar-refractivity contribution in [1.82, 2.24) is 5.32 Å². The summed E-state index contributed by atoms with van der Waals surface area (Å²) in [7, 11) is 1.70. The number of nitrogens with one attached hydrogen (secondary N) is 1. The van der Waals surface area contributed by atoms with Crippen LogP contribution >= 0.6 is 11.8 Å². The summed E-state index contributed by atoms with van der Waals surface area (Å²) in [5.74, 6) is 0.895. The minimum absolute atomic E-state index is 0.222. The molecule has 2 aromatic rings. The van der Waals surface area contributed by atoms with Gasteiger partial charge in [-0.3, -0.25) is 0 Å². The molecule has 2 aromatic carbocycles. The number of methoxy groups -OCH3 is 1. The largest absolute Gasteiger partial charge is 0.497 e. The van der Waals surface area contributed by atoms with E-state index in [1.807, 2.05) is 12.1 Å². The van der Waals surface area contributed by atoms with E-state index >= 15 is 0 Å². The molecule has 0 aromatic heterocycles. The molecular formula is C18H23NOS. The van der Waals surface area contributed by atoms with Crippen LogP contribution in [0.1, 0.15) is 30.5 Å². The lowest BCUT2D eigenvalue weighted by Crippen LogP contribution is -2.23. The normalized spacial score (nSPS) is 12.1. The quantitative estimate of drug-likeness (QED) is 0.760. The number of hydrogen-bond acceptors (Lipinski definition) is 3. The lowest BCUT2D eigenvalue weighted by molar-refractivity contribution is 0.414. The van der Waals surface area contributed by atoms with Crippen LogP contribution in [0.15, 0.2) is 53.4 Å². The molecule has 0 spiro atoms. The third kappa shape index (κ3) is 4.02. The van der Waals surface area contributed by atoms with Crippen LogP contribution in [0.25, 0.3) is 0 Å². The van der Waals surface area contributed by atoms with Crippen molar-refractivity contribution in [3.63, 3.8) is 0 Å². The van der Waals surface area contributed by atoms with Gasteiger partial charge >= 0.3 is 0 Å². The molecule has 2 rings (SSSR count). The van der Waals surface area contributed by atoms with Crippen molar-refractivity contribution in [3.05, 3.63) is 59.7 Å². The first-order chi connectivity index (χ1) is 10.3. The summed E-state index contributed by atoms with van der Waals surface area (Å²) in [6, 6.07) is 17.2. The smallest absolute Gasteiger partial charge is 0.118 e. The van der Waals surface area contributed by atoms with Gasteiger partial charge in [0, 0.05) is 4.90 Å². The molecule has 0 aliphatic heterocycles. The number of hydrogen-bond donors (Lipinski definition) is 1. The van der Waals surface area contributed by atoms with Crippen LogP contribution in [0.2, 0.25) is 0 Å². The standard InChI is InChI=1S/C18H23NOS/c1-4-13-19-18(14-9-11-15(20-2)12-10-14)16-7-5-6-8-17(16)21-3/h5-12,18-19H,4,13H2,1-3H3. The predicted octanol–water partition coefficient (Wildman–Crippen LogP) is 4.51. The Kier molecular flexibility index (Phi) is 6.15. The van der Waals surface area contributed by atoms with E-state index in [9.17, 15) is 0 Å². The molecule has 0 aliphatic carbocycles. The fourth-order valence-corrected chi connectivity index (χ4v) is 3.03. The average molecular weight is 301 g/mol. The van der Waals surface area contributed by atoms with E-state index in [1.54, 1.807) is 18.9 Å². The second-order valence-electron chi connectivity index (χ2n) is 4.90. The lowest BCUT2D eigenvalue weighted by Gasteiger charge is -2.22. The van der Waals surface area contributed by atoms with Crippen molar-refractivity contribution in [2.45, 2.75) is 24.3 Å². The van der Waals surface area contributed by atoms with Crippen molar-refractivity contribution in [2.24, 2.45) is 0 Å². The van der Waals surface area contributed by atoms with Gasteiger partial charge in [0.15, 0.2) is 0 Å². The molecule has 21 heavy (non-hydrogen) atoms. The second-order valence-corrected chi connectivity index (χ2v) is 5.75. The molecule has 0 heterocycles. The van der Waals surface area contributed by atoms with E-state index in [0.29, 0.717) is 0 Å². The number of thioether (sulfide) groups is 1. The van der Waals surface area contributed by atoms with Gasteiger partial charge in [-0.05, 0) is 48.5 Å². The van der Waals surface area contributed by atoms with Crippen LogP contribution in [0, 0.1) is 0 Å². The van der Waals surface area contributed by atoms with E-state index in [2.05, 4.69) is 54.9 Å². The Labute approximate surface area is 131 Å². The van der Waals surface area contributed by atoms with Gasteiger partial charge in [0.25, 0.3) is 0 Å². The molecule has 0 aliphatic rings. The minimum Gasteiger partial charge on any atom is -0.497 e. The highest BCUT2D eigenvalue weighted by atomic mass is 32.2. The Balaban J connectivity index is 2.36. The van der Waals surface area contributed by atoms with Gasteiger partial charge in [-0.2, -0.15) is 0 Å². The maximum absolute atomic E-state index is 5.26. The fourth-order valence-electron chi connectivity index (χ4n) is 2.40. The first kappa shape index (κ1) is 15.9. The minimum atomic E-state index is 0.222. The summed E-state index contributed by atoms with van der Waals surface area (Å²) >= 11 is 1.79. The van der Waals surface area contributed by atoms with Gasteiger partial charge in [-0.15, -0.1) is 11.8 Å². The Hall–Kier alpha value is -1.45. The summed E-state index contributed by atoms with van der Waals surface area (Å²) in [5.41, 5.74) is 2.61. The van der Waals surface area contributed by atoms with Gasteiger partial charge in [-0.25, -0.2) is 0 Å². The molecule has 112 valence electrons. The first-order valence-electron chi connectivity index (χ1n) is 7.30. The Morgan fingerprint density at radius 3 is 2.43 bits per heavy atom. The maximum atomic E-state index is 5.26. The van der Waals surface area contributed by atoms with E-state index in [-0.39, 0.29) is 6.04 Å². The molecular weight excluding hydrogens is 278 g/mol. The van der Waals surface area contributed by atoms with E-state index in [4.69, 9.17) is 4.74 Å². The van der Waals surface area contributed by atoms with Gasteiger partial charge < -0.3 is 10.1 Å². The first-order valence-corrected chi connectivity index (χ1v) is 8.52. The molecule has 1 N–H and O–H groups in total. The number of ether oxygens (including phenoxy) is 1. The second kappa shape index (κ2) is 8.11. The molecule has 0 radical (unpaired) electrons. The molecule has 0 saturated heterocycles. The van der Waals surface area contributed by atoms with Crippen LogP contribution in [-0.2, 0) is 0 Å². The Morgan fingerprint density at radius 1 is 1.10 bits per heavy atom. The zero-order chi connectivity index (χ0) is 15.1. The summed E-state index contributed by atoms with van der Waals surface area (Å²) < 4.78 is 5.26. The molecule has 2 nitrogen and oxygen atoms in total. The molecule has 0 saturated carbocycles. The van der Waals surface area contributed by atoms with Crippen LogP contribution in [-0.4, -0.2) is 19.9 Å². The summed E-state index contributed by atoms with van der Waals surface area (Å²) in [6.45, 7) is 3.19. The number of rotatable bonds is 7. The number of benzene rings is 2. The van der Waals surface area contributed by atoms with E-state index < -0.39 is 0 Å². The van der Waals surface area contributed by atoms with Crippen molar-refractivity contribution >= 4 is 11.8 Å². The summed E-state index contributed by atoms with van der Waals surface area (Å²) in [5, 5.41) is 3.66. The molecule has 0 bridgehead atoms. The Bertz CT molecular complexity index is 553. The zero-order valence-corrected chi connectivity index (χ0v) is 13.7. The van der Waals surface area contributed by atoms with Crippen molar-refractivity contribution in [1.29, 1.82) is 0 Å². The van der Waals surface area contributed by atoms with Gasteiger partial charge in [0.2, 0.25) is 0 Å². The lowest BCUT2D eigenvalue weighted by atomic mass is 9.98. The van der Waals surface area contributed by atoms with Crippen molar-refractivity contribution in [3.8, 4) is 5.75 Å². The van der Waals surface area contributed by atoms with Crippen molar-refractivity contribution < 1.29 is 4.74 Å². The SMILES string of the molecule is CCCNC(c1ccc(OC)cc1)c1ccccc1SC. The van der Waals surface area contributed by atoms with Gasteiger partial charge in [0.1, 0.15) is 5.75 Å². The highest BCUT2D eigenvalue weighted by molar-refractivity contribution is 7.98. The molecule has 1 atom stereocenters. The predicted molar refractivity (Wildman–Crippen MR) is 91.4 cm³/mol. The molecule has 1 unspecified atom stereocenters. The fraction of sp³-hybridized carbons (Fsp3) is 0.333. The van der Waals surface area contributed by atoms with Crippen LogP contribution < -0.4 is 10.1 Å². The molecule has 3 heteroatoms. The average Bonchev–Trinajstić information content (AvgIpc) is 2.56. The highest BCUT2D eigenvalue weighted by Crippen LogP contribution is 2.31. The zero-order valence-electron chi connectivity index (χ0n) is 12.9. The van der Waals surface area contributed by atoms with E-state index in [0.717, 1.165) is 18.7 Å². The summed E-state index contributed by atoms with van der Waals surface area (Å²) in [4.78, 5) is 1.32. The Morgan fingerprint density at radius 2 is 1.81 bits per heavy atom. The van der Waals surface area contributed by atoms with E-state index in [1.165, 1.54) is 16.0 Å². The molecule has 0 amide bonds. The van der Waals surface area contributed by atoms with Gasteiger partial charge in [0.05, 0.1) is 13.2 Å².